The minimum Gasteiger partial charge on any atom is -0.463 e. The highest BCUT2D eigenvalue weighted by atomic mass is 35.5. The van der Waals surface area contributed by atoms with Crippen molar-refractivity contribution >= 4 is 46.1 Å². The predicted octanol–water partition coefficient (Wildman–Crippen LogP) is 3.35. The van der Waals surface area contributed by atoms with Crippen molar-refractivity contribution in [2.45, 2.75) is 19.9 Å². The lowest BCUT2D eigenvalue weighted by atomic mass is 9.96. The number of rotatable bonds is 5. The van der Waals surface area contributed by atoms with Gasteiger partial charge in [0.15, 0.2) is 4.80 Å². The summed E-state index contributed by atoms with van der Waals surface area (Å²) in [5.41, 5.74) is 2.74. The maximum absolute atomic E-state index is 14.0. The minimum atomic E-state index is -0.775. The molecule has 182 valence electrons. The van der Waals surface area contributed by atoms with Gasteiger partial charge >= 0.3 is 5.97 Å². The molecule has 1 amide bonds. The first-order chi connectivity index (χ1) is 17.4. The maximum Gasteiger partial charge on any atom is 0.338 e. The van der Waals surface area contributed by atoms with Crippen LogP contribution in [0, 0.1) is 0 Å². The number of ether oxygens (including phenoxy) is 1. The third-order valence-electron chi connectivity index (χ3n) is 6.14. The van der Waals surface area contributed by atoms with Crippen molar-refractivity contribution in [1.82, 2.24) is 4.57 Å². The molecule has 0 N–H and O–H groups in total. The number of carbonyl (C=O) groups is 2. The fraction of sp³-hybridized carbons (Fsp3) is 0.185. The number of esters is 1. The molecule has 2 aliphatic heterocycles. The Labute approximate surface area is 215 Å². The van der Waals surface area contributed by atoms with Crippen molar-refractivity contribution in [2.75, 3.05) is 18.1 Å². The second kappa shape index (κ2) is 9.37. The minimum absolute atomic E-state index is 0.182. The number of fused-ring (bicyclic) bond motifs is 2. The number of hydrogen-bond acceptors (Lipinski definition) is 6. The van der Waals surface area contributed by atoms with Gasteiger partial charge in [0.2, 0.25) is 0 Å². The summed E-state index contributed by atoms with van der Waals surface area (Å²) in [5, 5.41) is 0.530. The van der Waals surface area contributed by atoms with E-state index in [2.05, 4.69) is 11.6 Å². The van der Waals surface area contributed by atoms with Crippen LogP contribution >= 0.6 is 22.9 Å². The number of thiazole rings is 1. The van der Waals surface area contributed by atoms with E-state index in [9.17, 15) is 14.4 Å². The molecule has 0 saturated heterocycles. The van der Waals surface area contributed by atoms with E-state index in [1.807, 2.05) is 24.3 Å². The number of halogens is 1. The Bertz CT molecular complexity index is 1630. The molecule has 5 rings (SSSR count). The first kappa shape index (κ1) is 24.0. The Morgan fingerprint density at radius 1 is 1.19 bits per heavy atom. The summed E-state index contributed by atoms with van der Waals surface area (Å²) in [6, 6.07) is 13.5. The van der Waals surface area contributed by atoms with Gasteiger partial charge in [-0.1, -0.05) is 59.3 Å². The number of nitrogens with zero attached hydrogens (tertiary/aromatic N) is 3. The zero-order valence-electron chi connectivity index (χ0n) is 19.7. The van der Waals surface area contributed by atoms with Gasteiger partial charge in [0.05, 0.1) is 35.2 Å². The van der Waals surface area contributed by atoms with Gasteiger partial charge in [0, 0.05) is 17.1 Å². The molecule has 3 heterocycles. The van der Waals surface area contributed by atoms with Crippen molar-refractivity contribution in [3.8, 4) is 0 Å². The molecular weight excluding hydrogens is 498 g/mol. The van der Waals surface area contributed by atoms with Crippen molar-refractivity contribution in [3.63, 3.8) is 0 Å². The SMILES string of the molecule is C=CCN1C(=O)/C(=c2\sc3n(c2=O)[C@@H](c2ccc(Cl)cc2)C(C(=O)OCC)=C(C)N=3)c2ccccc21. The lowest BCUT2D eigenvalue weighted by Crippen LogP contribution is -2.41. The second-order valence-corrected chi connectivity index (χ2v) is 9.68. The van der Waals surface area contributed by atoms with Crippen LogP contribution in [0.1, 0.15) is 31.0 Å². The van der Waals surface area contributed by atoms with Crippen LogP contribution in [0.3, 0.4) is 0 Å². The fourth-order valence-corrected chi connectivity index (χ4v) is 5.87. The van der Waals surface area contributed by atoms with Crippen LogP contribution in [0.4, 0.5) is 5.69 Å². The van der Waals surface area contributed by atoms with Crippen molar-refractivity contribution in [2.24, 2.45) is 4.99 Å². The maximum atomic E-state index is 14.0. The lowest BCUT2D eigenvalue weighted by molar-refractivity contribution is -0.139. The van der Waals surface area contributed by atoms with Crippen LogP contribution in [-0.2, 0) is 14.3 Å². The van der Waals surface area contributed by atoms with Gasteiger partial charge in [-0.25, -0.2) is 9.79 Å². The number of benzene rings is 2. The fourth-order valence-electron chi connectivity index (χ4n) is 4.61. The van der Waals surface area contributed by atoms with E-state index >= 15 is 0 Å². The van der Waals surface area contributed by atoms with E-state index in [0.29, 0.717) is 38.8 Å². The molecule has 0 spiro atoms. The van der Waals surface area contributed by atoms with Crippen LogP contribution in [0.2, 0.25) is 5.02 Å². The molecule has 9 heteroatoms. The van der Waals surface area contributed by atoms with E-state index in [1.165, 1.54) is 4.57 Å². The summed E-state index contributed by atoms with van der Waals surface area (Å²) in [6.07, 6.45) is 1.65. The Morgan fingerprint density at radius 2 is 1.92 bits per heavy atom. The molecule has 7 nitrogen and oxygen atoms in total. The number of para-hydroxylation sites is 1. The highest BCUT2D eigenvalue weighted by Crippen LogP contribution is 2.35. The third-order valence-corrected chi connectivity index (χ3v) is 7.45. The Balaban J connectivity index is 1.82. The molecule has 0 aliphatic carbocycles. The molecule has 2 aromatic carbocycles. The van der Waals surface area contributed by atoms with Crippen molar-refractivity contribution < 1.29 is 14.3 Å². The topological polar surface area (TPSA) is 81.0 Å². The molecule has 36 heavy (non-hydrogen) atoms. The standard InChI is InChI=1S/C27H22ClN3O4S/c1-4-14-30-19-9-7-6-8-18(19)21(24(30)32)23-25(33)31-22(16-10-12-17(28)13-11-16)20(26(34)35-5-2)15(3)29-27(31)36-23/h4,6-13,22H,1,5,14H2,2-3H3/b23-21-/t22-/m0/s1. The van der Waals surface area contributed by atoms with Gasteiger partial charge in [-0.05, 0) is 37.6 Å². The largest absolute Gasteiger partial charge is 0.463 e. The van der Waals surface area contributed by atoms with Gasteiger partial charge < -0.3 is 9.64 Å². The summed E-state index contributed by atoms with van der Waals surface area (Å²) < 4.78 is 7.07. The van der Waals surface area contributed by atoms with Crippen LogP contribution < -0.4 is 19.8 Å². The van der Waals surface area contributed by atoms with E-state index in [4.69, 9.17) is 16.3 Å². The van der Waals surface area contributed by atoms with Crippen LogP contribution in [0.5, 0.6) is 0 Å². The van der Waals surface area contributed by atoms with Gasteiger partial charge in [0.25, 0.3) is 11.5 Å². The molecule has 0 unspecified atom stereocenters. The van der Waals surface area contributed by atoms with E-state index in [1.54, 1.807) is 49.1 Å². The molecule has 0 radical (unpaired) electrons. The first-order valence-corrected chi connectivity index (χ1v) is 12.6. The first-order valence-electron chi connectivity index (χ1n) is 11.4. The van der Waals surface area contributed by atoms with Gasteiger partial charge in [-0.3, -0.25) is 14.2 Å². The zero-order chi connectivity index (χ0) is 25.6. The quantitative estimate of drug-likeness (QED) is 0.382. The summed E-state index contributed by atoms with van der Waals surface area (Å²) >= 11 is 7.25. The van der Waals surface area contributed by atoms with E-state index in [-0.39, 0.29) is 22.6 Å². The Morgan fingerprint density at radius 3 is 2.61 bits per heavy atom. The molecule has 1 aromatic heterocycles. The number of aromatic nitrogens is 1. The Kier molecular flexibility index (Phi) is 6.24. The number of carbonyl (C=O) groups excluding carboxylic acids is 2. The van der Waals surface area contributed by atoms with Crippen molar-refractivity contribution in [1.29, 1.82) is 0 Å². The average Bonchev–Trinajstić information content (AvgIpc) is 3.32. The molecule has 3 aromatic rings. The number of allylic oxidation sites excluding steroid dienone is 1. The Hall–Kier alpha value is -3.75. The van der Waals surface area contributed by atoms with Crippen LogP contribution in [0.15, 0.2) is 82.2 Å². The third kappa shape index (κ3) is 3.73. The number of hydrogen-bond donors (Lipinski definition) is 0. The summed E-state index contributed by atoms with van der Waals surface area (Å²) in [6.45, 7) is 7.70. The zero-order valence-corrected chi connectivity index (χ0v) is 21.2. The monoisotopic (exact) mass is 519 g/mol. The van der Waals surface area contributed by atoms with Gasteiger partial charge in [-0.15, -0.1) is 6.58 Å². The average molecular weight is 520 g/mol. The van der Waals surface area contributed by atoms with E-state index < -0.39 is 17.6 Å². The predicted molar refractivity (Wildman–Crippen MR) is 140 cm³/mol. The molecule has 2 aliphatic rings. The lowest BCUT2D eigenvalue weighted by Gasteiger charge is -2.24. The van der Waals surface area contributed by atoms with E-state index in [0.717, 1.165) is 17.0 Å². The molecule has 0 fully saturated rings. The summed E-state index contributed by atoms with van der Waals surface area (Å²) in [4.78, 5) is 47.1. The summed E-state index contributed by atoms with van der Waals surface area (Å²) in [7, 11) is 0. The highest BCUT2D eigenvalue weighted by molar-refractivity contribution is 7.07. The van der Waals surface area contributed by atoms with Crippen LogP contribution in [-0.4, -0.2) is 29.6 Å². The molecule has 1 atom stereocenters. The summed E-state index contributed by atoms with van der Waals surface area (Å²) in [5.74, 6) is -0.818. The number of amides is 1. The second-order valence-electron chi connectivity index (χ2n) is 8.27. The normalized spacial score (nSPS) is 18.0. The smallest absolute Gasteiger partial charge is 0.338 e. The van der Waals surface area contributed by atoms with Crippen molar-refractivity contribution in [3.05, 3.63) is 108 Å². The molecule has 0 bridgehead atoms. The molecular formula is C27H22ClN3O4S. The van der Waals surface area contributed by atoms with Gasteiger partial charge in [0.1, 0.15) is 4.53 Å². The molecule has 0 saturated carbocycles. The van der Waals surface area contributed by atoms with Crippen LogP contribution in [0.25, 0.3) is 5.57 Å². The highest BCUT2D eigenvalue weighted by Gasteiger charge is 2.37. The number of anilines is 1. The van der Waals surface area contributed by atoms with Gasteiger partial charge in [-0.2, -0.15) is 0 Å².